The Labute approximate surface area is 256 Å². The lowest BCUT2D eigenvalue weighted by Crippen LogP contribution is -2.30. The molecule has 0 saturated carbocycles. The van der Waals surface area contributed by atoms with E-state index in [2.05, 4.69) is 20.9 Å². The molecule has 1 heterocycles. The van der Waals surface area contributed by atoms with Gasteiger partial charge in [-0.3, -0.25) is 14.4 Å². The maximum atomic E-state index is 13.5. The van der Waals surface area contributed by atoms with Gasteiger partial charge in [0.2, 0.25) is 5.91 Å². The summed E-state index contributed by atoms with van der Waals surface area (Å²) >= 11 is 13.3. The van der Waals surface area contributed by atoms with Crippen molar-refractivity contribution in [2.24, 2.45) is 0 Å². The van der Waals surface area contributed by atoms with Gasteiger partial charge >= 0.3 is 0 Å². The Morgan fingerprint density at radius 3 is 2.31 bits per heavy atom. The molecular weight excluding hydrogens is 591 g/mol. The molecule has 0 fully saturated rings. The first-order valence-corrected chi connectivity index (χ1v) is 14.5. The molecule has 5 aromatic rings. The van der Waals surface area contributed by atoms with E-state index in [1.807, 2.05) is 36.4 Å². The Hall–Kier alpha value is -4.50. The van der Waals surface area contributed by atoms with Crippen LogP contribution in [-0.4, -0.2) is 28.5 Å². The van der Waals surface area contributed by atoms with E-state index < -0.39 is 11.8 Å². The second-order valence-corrected chi connectivity index (χ2v) is 11.1. The Morgan fingerprint density at radius 1 is 0.786 bits per heavy atom. The molecule has 42 heavy (non-hydrogen) atoms. The third-order valence-electron chi connectivity index (χ3n) is 6.06. The number of para-hydroxylation sites is 1. The molecule has 0 spiro atoms. The number of fused-ring (bicyclic) bond motifs is 1. The molecule has 0 unspecified atom stereocenters. The van der Waals surface area contributed by atoms with Crippen LogP contribution in [-0.2, 0) is 9.59 Å². The molecule has 4 N–H and O–H groups in total. The zero-order chi connectivity index (χ0) is 29.5. The van der Waals surface area contributed by atoms with E-state index in [1.54, 1.807) is 72.9 Å². The number of halogens is 2. The van der Waals surface area contributed by atoms with Crippen molar-refractivity contribution in [1.82, 2.24) is 10.3 Å². The highest BCUT2D eigenvalue weighted by atomic mass is 35.5. The zero-order valence-corrected chi connectivity index (χ0v) is 24.3. The first-order valence-electron chi connectivity index (χ1n) is 12.8. The number of nitrogens with one attached hydrogen (secondary N) is 4. The number of benzene rings is 4. The van der Waals surface area contributed by atoms with Crippen molar-refractivity contribution in [1.29, 1.82) is 0 Å². The van der Waals surface area contributed by atoms with Crippen molar-refractivity contribution < 1.29 is 14.4 Å². The van der Waals surface area contributed by atoms with E-state index in [9.17, 15) is 14.4 Å². The van der Waals surface area contributed by atoms with Gasteiger partial charge < -0.3 is 20.9 Å². The number of carbonyl (C=O) groups is 3. The van der Waals surface area contributed by atoms with Gasteiger partial charge in [-0.25, -0.2) is 0 Å². The minimum atomic E-state index is -0.498. The summed E-state index contributed by atoms with van der Waals surface area (Å²) in [5.41, 5.74) is 3.17. The van der Waals surface area contributed by atoms with E-state index in [0.29, 0.717) is 27.0 Å². The Balaban J connectivity index is 1.30. The molecule has 0 aliphatic carbocycles. The van der Waals surface area contributed by atoms with Crippen LogP contribution < -0.4 is 16.0 Å². The summed E-state index contributed by atoms with van der Waals surface area (Å²) in [6, 6.07) is 28.3. The smallest absolute Gasteiger partial charge is 0.272 e. The van der Waals surface area contributed by atoms with Crippen LogP contribution in [0.5, 0.6) is 0 Å². The van der Waals surface area contributed by atoms with Crippen molar-refractivity contribution in [2.45, 2.75) is 4.90 Å². The molecule has 1 aromatic heterocycles. The highest BCUT2D eigenvalue weighted by Crippen LogP contribution is 2.25. The summed E-state index contributed by atoms with van der Waals surface area (Å²) < 4.78 is 0. The molecule has 0 radical (unpaired) electrons. The largest absolute Gasteiger partial charge is 0.361 e. The Bertz CT molecular complexity index is 1780. The normalized spacial score (nSPS) is 11.2. The molecule has 7 nitrogen and oxygen atoms in total. The number of thioether (sulfide) groups is 1. The average Bonchev–Trinajstić information content (AvgIpc) is 3.38. The van der Waals surface area contributed by atoms with Crippen molar-refractivity contribution in [3.05, 3.63) is 130 Å². The molecular formula is C32H24Cl2N4O3S. The van der Waals surface area contributed by atoms with E-state index in [0.717, 1.165) is 21.4 Å². The summed E-state index contributed by atoms with van der Waals surface area (Å²) in [7, 11) is 0. The molecule has 3 amide bonds. The summed E-state index contributed by atoms with van der Waals surface area (Å²) in [6.45, 7) is 0. The third-order valence-corrected chi connectivity index (χ3v) is 7.49. The molecule has 0 aliphatic rings. The van der Waals surface area contributed by atoms with E-state index in [4.69, 9.17) is 23.2 Å². The topological polar surface area (TPSA) is 103 Å². The first kappa shape index (κ1) is 29.0. The average molecular weight is 616 g/mol. The summed E-state index contributed by atoms with van der Waals surface area (Å²) in [5.74, 6) is -1.02. The molecule has 0 saturated heterocycles. The van der Waals surface area contributed by atoms with Crippen LogP contribution in [0.1, 0.15) is 15.9 Å². The monoisotopic (exact) mass is 614 g/mol. The van der Waals surface area contributed by atoms with E-state index in [-0.39, 0.29) is 17.4 Å². The van der Waals surface area contributed by atoms with Crippen LogP contribution in [0, 0.1) is 0 Å². The molecule has 0 bridgehead atoms. The summed E-state index contributed by atoms with van der Waals surface area (Å²) in [6.07, 6.45) is 3.42. The number of aromatic amines is 1. The lowest BCUT2D eigenvalue weighted by Gasteiger charge is -2.12. The van der Waals surface area contributed by atoms with E-state index >= 15 is 0 Å². The van der Waals surface area contributed by atoms with Crippen LogP contribution >= 0.6 is 35.0 Å². The summed E-state index contributed by atoms with van der Waals surface area (Å²) in [5, 5.41) is 10.2. The van der Waals surface area contributed by atoms with Gasteiger partial charge in [0.15, 0.2) is 0 Å². The second-order valence-electron chi connectivity index (χ2n) is 9.14. The van der Waals surface area contributed by atoms with Gasteiger partial charge in [-0.05, 0) is 60.7 Å². The first-order chi connectivity index (χ1) is 20.3. The van der Waals surface area contributed by atoms with Crippen LogP contribution in [0.15, 0.2) is 114 Å². The van der Waals surface area contributed by atoms with Crippen molar-refractivity contribution >= 4 is 81.0 Å². The number of rotatable bonds is 9. The van der Waals surface area contributed by atoms with Crippen LogP contribution in [0.3, 0.4) is 0 Å². The lowest BCUT2D eigenvalue weighted by atomic mass is 10.1. The van der Waals surface area contributed by atoms with Crippen molar-refractivity contribution in [2.75, 3.05) is 16.4 Å². The molecule has 5 rings (SSSR count). The lowest BCUT2D eigenvalue weighted by molar-refractivity contribution is -0.114. The number of H-pyrrole nitrogens is 1. The van der Waals surface area contributed by atoms with Gasteiger partial charge in [0.05, 0.1) is 5.75 Å². The fourth-order valence-electron chi connectivity index (χ4n) is 4.15. The van der Waals surface area contributed by atoms with Gasteiger partial charge in [0, 0.05) is 54.5 Å². The number of anilines is 2. The van der Waals surface area contributed by atoms with Gasteiger partial charge in [0.25, 0.3) is 11.8 Å². The van der Waals surface area contributed by atoms with Gasteiger partial charge in [0.1, 0.15) is 5.70 Å². The van der Waals surface area contributed by atoms with Gasteiger partial charge in [-0.15, -0.1) is 11.8 Å². The van der Waals surface area contributed by atoms with Crippen LogP contribution in [0.2, 0.25) is 10.0 Å². The predicted molar refractivity (Wildman–Crippen MR) is 171 cm³/mol. The molecule has 0 aliphatic heterocycles. The number of hydrogen-bond donors (Lipinski definition) is 4. The maximum Gasteiger partial charge on any atom is 0.272 e. The third kappa shape index (κ3) is 7.61. The summed E-state index contributed by atoms with van der Waals surface area (Å²) in [4.78, 5) is 42.9. The molecule has 4 aromatic carbocycles. The highest BCUT2D eigenvalue weighted by molar-refractivity contribution is 8.00. The maximum absolute atomic E-state index is 13.5. The Morgan fingerprint density at radius 2 is 1.52 bits per heavy atom. The standard InChI is InChI=1S/C32H24Cl2N4O3S/c33-22-14-23(34)16-25(15-22)36-30(39)19-42-26-10-6-9-24(17-26)37-32(41)29(38-31(40)20-7-2-1-3-8-20)13-21-18-35-28-12-5-4-11-27(21)28/h1-18,35H,19H2,(H,36,39)(H,37,41)(H,38,40)/b29-13-. The zero-order valence-electron chi connectivity index (χ0n) is 22.0. The predicted octanol–water partition coefficient (Wildman–Crippen LogP) is 7.62. The minimum Gasteiger partial charge on any atom is -0.361 e. The van der Waals surface area contributed by atoms with Gasteiger partial charge in [-0.2, -0.15) is 0 Å². The number of amides is 3. The fraction of sp³-hybridized carbons (Fsp3) is 0.0312. The van der Waals surface area contributed by atoms with Crippen LogP contribution in [0.25, 0.3) is 17.0 Å². The number of aromatic nitrogens is 1. The van der Waals surface area contributed by atoms with Crippen molar-refractivity contribution in [3.63, 3.8) is 0 Å². The quantitative estimate of drug-likeness (QED) is 0.101. The molecule has 10 heteroatoms. The van der Waals surface area contributed by atoms with Crippen molar-refractivity contribution in [3.8, 4) is 0 Å². The van der Waals surface area contributed by atoms with E-state index in [1.165, 1.54) is 11.8 Å². The molecule has 0 atom stereocenters. The SMILES string of the molecule is O=C(CSc1cccc(NC(=O)/C(=C/c2c[nH]c3ccccc23)NC(=O)c2ccccc2)c1)Nc1cc(Cl)cc(Cl)c1. The molecule has 210 valence electrons. The Kier molecular flexibility index (Phi) is 9.28. The minimum absolute atomic E-state index is 0.0752. The number of hydrogen-bond acceptors (Lipinski definition) is 4. The second kappa shape index (κ2) is 13.4. The van der Waals surface area contributed by atoms with Crippen LogP contribution in [0.4, 0.5) is 11.4 Å². The fourth-order valence-corrected chi connectivity index (χ4v) is 5.43. The highest BCUT2D eigenvalue weighted by Gasteiger charge is 2.16. The number of carbonyl (C=O) groups excluding carboxylic acids is 3. The van der Waals surface area contributed by atoms with Gasteiger partial charge in [-0.1, -0.05) is 65.7 Å².